The highest BCUT2D eigenvalue weighted by Gasteiger charge is 2.35. The number of amides is 1. The van der Waals surface area contributed by atoms with E-state index in [0.717, 1.165) is 25.8 Å². The second kappa shape index (κ2) is 8.74. The van der Waals surface area contributed by atoms with Crippen molar-refractivity contribution in [2.45, 2.75) is 58.4 Å². The van der Waals surface area contributed by atoms with E-state index in [1.54, 1.807) is 11.2 Å². The minimum atomic E-state index is -3.15. The number of carbonyl (C=O) groups is 1. The van der Waals surface area contributed by atoms with Crippen molar-refractivity contribution in [1.82, 2.24) is 9.21 Å². The van der Waals surface area contributed by atoms with E-state index < -0.39 is 10.0 Å². The Morgan fingerprint density at radius 1 is 1.07 bits per heavy atom. The van der Waals surface area contributed by atoms with Crippen LogP contribution >= 0.6 is 0 Å². The van der Waals surface area contributed by atoms with Crippen molar-refractivity contribution in [3.63, 3.8) is 0 Å². The van der Waals surface area contributed by atoms with Gasteiger partial charge < -0.3 is 4.90 Å². The van der Waals surface area contributed by atoms with E-state index in [9.17, 15) is 13.2 Å². The number of hydrogen-bond acceptors (Lipinski definition) is 3. The highest BCUT2D eigenvalue weighted by atomic mass is 32.2. The summed E-state index contributed by atoms with van der Waals surface area (Å²) in [4.78, 5) is 15.5. The summed E-state index contributed by atoms with van der Waals surface area (Å²) in [5.74, 6) is 0.295. The third-order valence-electron chi connectivity index (χ3n) is 6.02. The van der Waals surface area contributed by atoms with Gasteiger partial charge in [-0.2, -0.15) is 0 Å². The molecule has 2 saturated heterocycles. The molecule has 1 unspecified atom stereocenters. The van der Waals surface area contributed by atoms with Crippen LogP contribution in [0.4, 0.5) is 0 Å². The van der Waals surface area contributed by atoms with E-state index >= 15 is 0 Å². The molecular weight excluding hydrogens is 360 g/mol. The predicted molar refractivity (Wildman–Crippen MR) is 108 cm³/mol. The summed E-state index contributed by atoms with van der Waals surface area (Å²) in [5, 5.41) is 0. The smallest absolute Gasteiger partial charge is 0.226 e. The summed E-state index contributed by atoms with van der Waals surface area (Å²) in [5.41, 5.74) is 2.46. The molecule has 1 aromatic rings. The zero-order chi connectivity index (χ0) is 19.4. The van der Waals surface area contributed by atoms with E-state index in [4.69, 9.17) is 0 Å². The molecule has 0 aromatic heterocycles. The van der Waals surface area contributed by atoms with Gasteiger partial charge in [0.15, 0.2) is 0 Å². The second-order valence-electron chi connectivity index (χ2n) is 7.88. The van der Waals surface area contributed by atoms with E-state index in [1.807, 2.05) is 0 Å². The Morgan fingerprint density at radius 3 is 2.48 bits per heavy atom. The summed E-state index contributed by atoms with van der Waals surface area (Å²) in [6.45, 7) is 5.52. The zero-order valence-electron chi connectivity index (χ0n) is 16.6. The number of carbonyl (C=O) groups excluding carboxylic acids is 1. The molecule has 2 aliphatic heterocycles. The highest BCUT2D eigenvalue weighted by molar-refractivity contribution is 7.89. The summed E-state index contributed by atoms with van der Waals surface area (Å²) in [6.07, 6.45) is 5.65. The molecule has 1 amide bonds. The summed E-state index contributed by atoms with van der Waals surface area (Å²) >= 11 is 0. The number of benzene rings is 1. The topological polar surface area (TPSA) is 57.7 Å². The van der Waals surface area contributed by atoms with Gasteiger partial charge in [-0.05, 0) is 45.1 Å². The summed E-state index contributed by atoms with van der Waals surface area (Å²) in [6, 6.07) is 8.66. The van der Waals surface area contributed by atoms with Crippen molar-refractivity contribution in [1.29, 1.82) is 0 Å². The Labute approximate surface area is 163 Å². The largest absolute Gasteiger partial charge is 0.335 e. The lowest BCUT2D eigenvalue weighted by Gasteiger charge is -2.37. The van der Waals surface area contributed by atoms with Gasteiger partial charge in [-0.3, -0.25) is 4.79 Å². The normalized spacial score (nSPS) is 23.2. The fourth-order valence-electron chi connectivity index (χ4n) is 4.39. The maximum Gasteiger partial charge on any atom is 0.226 e. The summed E-state index contributed by atoms with van der Waals surface area (Å²) < 4.78 is 25.7. The first-order valence-corrected chi connectivity index (χ1v) is 11.9. The molecule has 1 aromatic carbocycles. The first kappa shape index (κ1) is 20.3. The van der Waals surface area contributed by atoms with Crippen LogP contribution in [0.15, 0.2) is 24.3 Å². The van der Waals surface area contributed by atoms with Crippen LogP contribution in [0.25, 0.3) is 0 Å². The van der Waals surface area contributed by atoms with Crippen LogP contribution < -0.4 is 0 Å². The van der Waals surface area contributed by atoms with E-state index in [-0.39, 0.29) is 23.6 Å². The molecule has 0 bridgehead atoms. The molecule has 6 heteroatoms. The fourth-order valence-corrected chi connectivity index (χ4v) is 5.53. The van der Waals surface area contributed by atoms with Gasteiger partial charge in [-0.15, -0.1) is 0 Å². The lowest BCUT2D eigenvalue weighted by molar-refractivity contribution is -0.139. The van der Waals surface area contributed by atoms with Gasteiger partial charge in [0.2, 0.25) is 15.9 Å². The molecule has 0 spiro atoms. The molecular formula is C21H32N2O3S. The van der Waals surface area contributed by atoms with Gasteiger partial charge in [0.25, 0.3) is 0 Å². The Hall–Kier alpha value is -1.40. The maximum absolute atomic E-state index is 13.4. The van der Waals surface area contributed by atoms with Crippen molar-refractivity contribution in [3.05, 3.63) is 35.4 Å². The van der Waals surface area contributed by atoms with Crippen molar-refractivity contribution < 1.29 is 13.2 Å². The van der Waals surface area contributed by atoms with Gasteiger partial charge in [-0.25, -0.2) is 12.7 Å². The minimum absolute atomic E-state index is 0.0567. The quantitative estimate of drug-likeness (QED) is 0.788. The van der Waals surface area contributed by atoms with Gasteiger partial charge in [0, 0.05) is 25.6 Å². The molecule has 3 rings (SSSR count). The number of nitrogens with zero attached hydrogens (tertiary/aromatic N) is 2. The molecule has 1 atom stereocenters. The third-order valence-corrected chi connectivity index (χ3v) is 7.91. The number of aryl methyl sites for hydroxylation is 1. The van der Waals surface area contributed by atoms with Gasteiger partial charge in [0.05, 0.1) is 11.8 Å². The van der Waals surface area contributed by atoms with Gasteiger partial charge in [-0.1, -0.05) is 42.7 Å². The van der Waals surface area contributed by atoms with Crippen LogP contribution in [-0.2, 0) is 14.8 Å². The third kappa shape index (κ3) is 4.72. The SMILES string of the molecule is CCS(=O)(=O)N1CCC(C(=O)N2CCCCCC2c2cccc(C)c2)CC1. The van der Waals surface area contributed by atoms with E-state index in [1.165, 1.54) is 17.5 Å². The molecule has 5 nitrogen and oxygen atoms in total. The molecule has 0 aliphatic carbocycles. The lowest BCUT2D eigenvalue weighted by atomic mass is 9.93. The molecule has 0 N–H and O–H groups in total. The van der Waals surface area contributed by atoms with Crippen LogP contribution in [0.1, 0.15) is 62.6 Å². The molecule has 2 aliphatic rings. The van der Waals surface area contributed by atoms with Crippen LogP contribution in [0, 0.1) is 12.8 Å². The minimum Gasteiger partial charge on any atom is -0.335 e. The van der Waals surface area contributed by atoms with Crippen LogP contribution in [0.5, 0.6) is 0 Å². The average molecular weight is 393 g/mol. The van der Waals surface area contributed by atoms with Crippen molar-refractivity contribution in [2.24, 2.45) is 5.92 Å². The molecule has 0 radical (unpaired) electrons. The molecule has 2 fully saturated rings. The Bertz CT molecular complexity index is 754. The summed E-state index contributed by atoms with van der Waals surface area (Å²) in [7, 11) is -3.15. The van der Waals surface area contributed by atoms with Crippen LogP contribution in [0.2, 0.25) is 0 Å². The van der Waals surface area contributed by atoms with E-state index in [0.29, 0.717) is 25.9 Å². The molecule has 0 saturated carbocycles. The Kier molecular flexibility index (Phi) is 6.58. The molecule has 150 valence electrons. The first-order valence-electron chi connectivity index (χ1n) is 10.3. The lowest BCUT2D eigenvalue weighted by Crippen LogP contribution is -2.45. The maximum atomic E-state index is 13.4. The number of sulfonamides is 1. The standard InChI is InChI=1S/C21H32N2O3S/c1-3-27(25,26)22-14-11-18(12-15-22)21(24)23-13-6-4-5-10-20(23)19-9-7-8-17(2)16-19/h7-9,16,18,20H,3-6,10-15H2,1-2H3. The fraction of sp³-hybridized carbons (Fsp3) is 0.667. The number of rotatable bonds is 4. The monoisotopic (exact) mass is 392 g/mol. The van der Waals surface area contributed by atoms with Gasteiger partial charge >= 0.3 is 0 Å². The van der Waals surface area contributed by atoms with E-state index in [2.05, 4.69) is 36.1 Å². The van der Waals surface area contributed by atoms with Crippen molar-refractivity contribution in [2.75, 3.05) is 25.4 Å². The van der Waals surface area contributed by atoms with Crippen LogP contribution in [-0.4, -0.2) is 48.9 Å². The molecule has 27 heavy (non-hydrogen) atoms. The Morgan fingerprint density at radius 2 is 1.81 bits per heavy atom. The van der Waals surface area contributed by atoms with Crippen molar-refractivity contribution >= 4 is 15.9 Å². The average Bonchev–Trinajstić information content (AvgIpc) is 2.93. The number of hydrogen-bond donors (Lipinski definition) is 0. The zero-order valence-corrected chi connectivity index (χ0v) is 17.4. The first-order chi connectivity index (χ1) is 12.9. The second-order valence-corrected chi connectivity index (χ2v) is 10.1. The molecule has 2 heterocycles. The number of likely N-dealkylation sites (tertiary alicyclic amines) is 1. The van der Waals surface area contributed by atoms with Crippen molar-refractivity contribution in [3.8, 4) is 0 Å². The highest BCUT2D eigenvalue weighted by Crippen LogP contribution is 2.33. The number of piperidine rings is 1. The van der Waals surface area contributed by atoms with Crippen LogP contribution in [0.3, 0.4) is 0 Å². The Balaban J connectivity index is 1.73. The predicted octanol–water partition coefficient (Wildman–Crippen LogP) is 3.50. The van der Waals surface area contributed by atoms with Gasteiger partial charge in [0.1, 0.15) is 0 Å².